The van der Waals surface area contributed by atoms with E-state index in [1.54, 1.807) is 12.1 Å². The fourth-order valence-corrected chi connectivity index (χ4v) is 1.32. The number of hydrogen-bond donors (Lipinski definition) is 3. The smallest absolute Gasteiger partial charge is 0.277 e. The van der Waals surface area contributed by atoms with Crippen LogP contribution in [0.1, 0.15) is 23.1 Å². The number of aryl methyl sites for hydroxylation is 1. The van der Waals surface area contributed by atoms with Gasteiger partial charge in [0.2, 0.25) is 0 Å². The minimum atomic E-state index is -0.407. The predicted octanol–water partition coefficient (Wildman–Crippen LogP) is 1.32. The number of carbonyl (C=O) groups is 1. The topological polar surface area (TPSA) is 90.9 Å². The highest BCUT2D eigenvalue weighted by Crippen LogP contribution is 2.18. The molecule has 0 aromatic carbocycles. The average molecular weight is 232 g/mol. The summed E-state index contributed by atoms with van der Waals surface area (Å²) in [5.74, 6) is -0.361. The number of amides is 1. The fourth-order valence-electron chi connectivity index (χ4n) is 1.32. The molecule has 2 rings (SSSR count). The molecule has 0 saturated heterocycles. The molecular weight excluding hydrogens is 220 g/mol. The largest absolute Gasteiger partial charge is 0.504 e. The molecule has 2 aromatic rings. The Bertz CT molecular complexity index is 536. The van der Waals surface area contributed by atoms with E-state index < -0.39 is 5.91 Å². The number of rotatable bonds is 3. The zero-order chi connectivity index (χ0) is 12.3. The number of carbonyl (C=O) groups excluding carboxylic acids is 1. The number of H-pyrrole nitrogens is 1. The second-order valence-electron chi connectivity index (χ2n) is 3.46. The van der Waals surface area contributed by atoms with Gasteiger partial charge in [-0.15, -0.1) is 0 Å². The first-order valence-electron chi connectivity index (χ1n) is 5.20. The quantitative estimate of drug-likeness (QED) is 0.744. The fraction of sp³-hybridized carbons (Fsp3) is 0.182. The molecule has 1 amide bonds. The van der Waals surface area contributed by atoms with Gasteiger partial charge in [-0.1, -0.05) is 6.92 Å². The second-order valence-corrected chi connectivity index (χ2v) is 3.46. The van der Waals surface area contributed by atoms with E-state index in [9.17, 15) is 9.90 Å². The Hall–Kier alpha value is -2.37. The molecule has 0 unspecified atom stereocenters. The Kier molecular flexibility index (Phi) is 3.04. The van der Waals surface area contributed by atoms with Crippen LogP contribution in [0.2, 0.25) is 0 Å². The number of anilines is 1. The lowest BCUT2D eigenvalue weighted by Gasteiger charge is -2.03. The van der Waals surface area contributed by atoms with Crippen molar-refractivity contribution < 1.29 is 9.90 Å². The van der Waals surface area contributed by atoms with Crippen LogP contribution in [-0.2, 0) is 6.42 Å². The minimum Gasteiger partial charge on any atom is -0.504 e. The van der Waals surface area contributed by atoms with Crippen LogP contribution >= 0.6 is 0 Å². The summed E-state index contributed by atoms with van der Waals surface area (Å²) in [6.45, 7) is 1.96. The third-order valence-electron chi connectivity index (χ3n) is 2.26. The SMILES string of the molecule is CCc1cc(C(=O)Nc2ncccc2O)n[nH]1. The lowest BCUT2D eigenvalue weighted by atomic mass is 10.3. The molecule has 6 nitrogen and oxygen atoms in total. The van der Waals surface area contributed by atoms with Gasteiger partial charge in [0.15, 0.2) is 17.3 Å². The van der Waals surface area contributed by atoms with Gasteiger partial charge in [-0.3, -0.25) is 9.89 Å². The Labute approximate surface area is 97.7 Å². The Morgan fingerprint density at radius 1 is 1.59 bits per heavy atom. The van der Waals surface area contributed by atoms with Crippen molar-refractivity contribution in [2.24, 2.45) is 0 Å². The Balaban J connectivity index is 2.14. The van der Waals surface area contributed by atoms with Gasteiger partial charge in [-0.25, -0.2) is 4.98 Å². The Morgan fingerprint density at radius 3 is 3.06 bits per heavy atom. The average Bonchev–Trinajstić information content (AvgIpc) is 2.81. The van der Waals surface area contributed by atoms with E-state index in [-0.39, 0.29) is 17.3 Å². The van der Waals surface area contributed by atoms with Gasteiger partial charge in [0.05, 0.1) is 0 Å². The van der Waals surface area contributed by atoms with E-state index in [0.29, 0.717) is 0 Å². The summed E-state index contributed by atoms with van der Waals surface area (Å²) >= 11 is 0. The normalized spacial score (nSPS) is 10.2. The molecule has 0 fully saturated rings. The predicted molar refractivity (Wildman–Crippen MR) is 61.8 cm³/mol. The Morgan fingerprint density at radius 2 is 2.41 bits per heavy atom. The summed E-state index contributed by atoms with van der Waals surface area (Å²) in [4.78, 5) is 15.6. The van der Waals surface area contributed by atoms with Crippen molar-refractivity contribution in [3.8, 4) is 5.75 Å². The van der Waals surface area contributed by atoms with Crippen LogP contribution in [0.5, 0.6) is 5.75 Å². The first-order valence-corrected chi connectivity index (χ1v) is 5.20. The van der Waals surface area contributed by atoms with Crippen molar-refractivity contribution in [1.82, 2.24) is 15.2 Å². The lowest BCUT2D eigenvalue weighted by molar-refractivity contribution is 0.102. The van der Waals surface area contributed by atoms with Crippen LogP contribution in [0.15, 0.2) is 24.4 Å². The maximum atomic E-state index is 11.8. The molecule has 0 aliphatic carbocycles. The first-order chi connectivity index (χ1) is 8.20. The standard InChI is InChI=1S/C11H12N4O2/c1-2-7-6-8(15-14-7)11(17)13-10-9(16)4-3-5-12-10/h3-6,16H,2H2,1H3,(H,14,15)(H,12,13,17). The molecule has 3 N–H and O–H groups in total. The van der Waals surface area contributed by atoms with Gasteiger partial charge in [-0.2, -0.15) is 5.10 Å². The van der Waals surface area contributed by atoms with Crippen LogP contribution in [0.25, 0.3) is 0 Å². The molecule has 0 aliphatic heterocycles. The number of aromatic amines is 1. The van der Waals surface area contributed by atoms with E-state index in [2.05, 4.69) is 20.5 Å². The van der Waals surface area contributed by atoms with Crippen molar-refractivity contribution in [2.75, 3.05) is 5.32 Å². The lowest BCUT2D eigenvalue weighted by Crippen LogP contribution is -2.13. The molecule has 0 atom stereocenters. The van der Waals surface area contributed by atoms with E-state index in [1.165, 1.54) is 12.3 Å². The van der Waals surface area contributed by atoms with Gasteiger partial charge >= 0.3 is 0 Å². The summed E-state index contributed by atoms with van der Waals surface area (Å²) in [5, 5.41) is 18.5. The highest BCUT2D eigenvalue weighted by molar-refractivity contribution is 6.03. The third-order valence-corrected chi connectivity index (χ3v) is 2.26. The zero-order valence-corrected chi connectivity index (χ0v) is 9.27. The molecule has 2 heterocycles. The molecule has 17 heavy (non-hydrogen) atoms. The molecule has 0 saturated carbocycles. The number of pyridine rings is 1. The molecule has 0 aliphatic rings. The van der Waals surface area contributed by atoms with E-state index in [1.807, 2.05) is 6.92 Å². The van der Waals surface area contributed by atoms with Crippen LogP contribution in [0.4, 0.5) is 5.82 Å². The zero-order valence-electron chi connectivity index (χ0n) is 9.27. The maximum Gasteiger partial charge on any atom is 0.277 e. The highest BCUT2D eigenvalue weighted by atomic mass is 16.3. The molecule has 6 heteroatoms. The van der Waals surface area contributed by atoms with Gasteiger partial charge in [0, 0.05) is 11.9 Å². The molecule has 0 spiro atoms. The molecular formula is C11H12N4O2. The second kappa shape index (κ2) is 4.65. The molecule has 0 bridgehead atoms. The van der Waals surface area contributed by atoms with Crippen LogP contribution in [-0.4, -0.2) is 26.2 Å². The van der Waals surface area contributed by atoms with Gasteiger partial charge < -0.3 is 10.4 Å². The summed E-state index contributed by atoms with van der Waals surface area (Å²) in [7, 11) is 0. The first kappa shape index (κ1) is 11.1. The summed E-state index contributed by atoms with van der Waals surface area (Å²) < 4.78 is 0. The number of hydrogen-bond acceptors (Lipinski definition) is 4. The van der Waals surface area contributed by atoms with Crippen molar-refractivity contribution in [2.45, 2.75) is 13.3 Å². The molecule has 88 valence electrons. The van der Waals surface area contributed by atoms with Crippen LogP contribution < -0.4 is 5.32 Å². The van der Waals surface area contributed by atoms with Crippen LogP contribution in [0, 0.1) is 0 Å². The highest BCUT2D eigenvalue weighted by Gasteiger charge is 2.12. The minimum absolute atomic E-state index is 0.0768. The maximum absolute atomic E-state index is 11.8. The summed E-state index contributed by atoms with van der Waals surface area (Å²) in [5.41, 5.74) is 1.15. The van der Waals surface area contributed by atoms with E-state index in [0.717, 1.165) is 12.1 Å². The number of aromatic nitrogens is 3. The molecule has 2 aromatic heterocycles. The van der Waals surface area contributed by atoms with E-state index >= 15 is 0 Å². The number of aromatic hydroxyl groups is 1. The number of nitrogens with zero attached hydrogens (tertiary/aromatic N) is 2. The van der Waals surface area contributed by atoms with Gasteiger partial charge in [0.25, 0.3) is 5.91 Å². The van der Waals surface area contributed by atoms with Crippen molar-refractivity contribution in [1.29, 1.82) is 0 Å². The van der Waals surface area contributed by atoms with Gasteiger partial charge in [-0.05, 0) is 24.6 Å². The summed E-state index contributed by atoms with van der Waals surface area (Å²) in [6, 6.07) is 4.69. The summed E-state index contributed by atoms with van der Waals surface area (Å²) in [6.07, 6.45) is 2.26. The van der Waals surface area contributed by atoms with Gasteiger partial charge in [0.1, 0.15) is 0 Å². The van der Waals surface area contributed by atoms with Crippen LogP contribution in [0.3, 0.4) is 0 Å². The monoisotopic (exact) mass is 232 g/mol. The van der Waals surface area contributed by atoms with Crippen molar-refractivity contribution in [3.05, 3.63) is 35.8 Å². The van der Waals surface area contributed by atoms with E-state index in [4.69, 9.17) is 0 Å². The third kappa shape index (κ3) is 2.41. The number of nitrogens with one attached hydrogen (secondary N) is 2. The molecule has 0 radical (unpaired) electrons. The van der Waals surface area contributed by atoms with Crippen molar-refractivity contribution >= 4 is 11.7 Å². The van der Waals surface area contributed by atoms with Crippen molar-refractivity contribution in [3.63, 3.8) is 0 Å².